The number of likely N-dealkylation sites (tertiary alicyclic amines) is 1. The summed E-state index contributed by atoms with van der Waals surface area (Å²) in [5, 5.41) is 3.28. The van der Waals surface area contributed by atoms with Crippen LogP contribution in [0.25, 0.3) is 0 Å². The second kappa shape index (κ2) is 6.89. The summed E-state index contributed by atoms with van der Waals surface area (Å²) in [6.45, 7) is 3.37. The van der Waals surface area contributed by atoms with Gasteiger partial charge in [-0.3, -0.25) is 4.79 Å². The summed E-state index contributed by atoms with van der Waals surface area (Å²) < 4.78 is 1.72. The van der Waals surface area contributed by atoms with Gasteiger partial charge in [-0.1, -0.05) is 11.6 Å². The monoisotopic (exact) mass is 350 g/mol. The van der Waals surface area contributed by atoms with E-state index in [9.17, 15) is 4.79 Å². The van der Waals surface area contributed by atoms with Gasteiger partial charge in [0.1, 0.15) is 4.34 Å². The van der Waals surface area contributed by atoms with Crippen molar-refractivity contribution in [1.82, 2.24) is 10.2 Å². The highest BCUT2D eigenvalue weighted by Crippen LogP contribution is 2.31. The van der Waals surface area contributed by atoms with Crippen LogP contribution in [0.5, 0.6) is 0 Å². The minimum atomic E-state index is 0.269. The highest BCUT2D eigenvalue weighted by Gasteiger charge is 2.16. The third-order valence-corrected chi connectivity index (χ3v) is 5.44. The van der Waals surface area contributed by atoms with Crippen LogP contribution in [0, 0.1) is 0 Å². The van der Waals surface area contributed by atoms with Crippen LogP contribution in [0.1, 0.15) is 24.1 Å². The molecular weight excluding hydrogens is 336 g/mol. The molecule has 0 radical (unpaired) electrons. The fraction of sp³-hybridized carbons (Fsp3) is 0.583. The third-order valence-electron chi connectivity index (χ3n) is 2.97. The van der Waals surface area contributed by atoms with E-state index < -0.39 is 0 Å². The van der Waals surface area contributed by atoms with Crippen LogP contribution in [0.4, 0.5) is 0 Å². The van der Waals surface area contributed by atoms with E-state index in [4.69, 9.17) is 11.6 Å². The number of nitrogens with zero attached hydrogens (tertiary/aromatic N) is 1. The lowest BCUT2D eigenvalue weighted by Gasteiger charge is -2.14. The van der Waals surface area contributed by atoms with Crippen molar-refractivity contribution in [3.8, 4) is 0 Å². The first-order valence-electron chi connectivity index (χ1n) is 6.09. The van der Waals surface area contributed by atoms with Crippen LogP contribution in [0.3, 0.4) is 0 Å². The summed E-state index contributed by atoms with van der Waals surface area (Å²) >= 11 is 10.9. The van der Waals surface area contributed by atoms with E-state index in [1.54, 1.807) is 11.3 Å². The molecule has 0 atom stereocenters. The Hall–Kier alpha value is -0.100. The molecule has 0 aliphatic carbocycles. The maximum Gasteiger partial charge on any atom is 0.223 e. The Morgan fingerprint density at radius 1 is 1.50 bits per heavy atom. The molecule has 2 rings (SSSR count). The van der Waals surface area contributed by atoms with Gasteiger partial charge in [-0.15, -0.1) is 11.3 Å². The minimum absolute atomic E-state index is 0.269. The molecule has 0 bridgehead atoms. The highest BCUT2D eigenvalue weighted by molar-refractivity contribution is 9.10. The number of amides is 1. The molecule has 6 heteroatoms. The Kier molecular flexibility index (Phi) is 5.48. The lowest BCUT2D eigenvalue weighted by molar-refractivity contribution is -0.130. The first-order valence-corrected chi connectivity index (χ1v) is 8.08. The molecule has 1 aromatic rings. The van der Waals surface area contributed by atoms with Gasteiger partial charge >= 0.3 is 0 Å². The summed E-state index contributed by atoms with van der Waals surface area (Å²) in [7, 11) is 0. The largest absolute Gasteiger partial charge is 0.343 e. The zero-order valence-corrected chi connectivity index (χ0v) is 13.2. The van der Waals surface area contributed by atoms with Crippen molar-refractivity contribution in [2.75, 3.05) is 19.6 Å². The lowest BCUT2D eigenvalue weighted by Crippen LogP contribution is -2.30. The van der Waals surface area contributed by atoms with Crippen LogP contribution in [0.2, 0.25) is 4.34 Å². The van der Waals surface area contributed by atoms with E-state index in [1.807, 2.05) is 11.0 Å². The zero-order chi connectivity index (χ0) is 13.0. The molecule has 3 nitrogen and oxygen atoms in total. The fourth-order valence-electron chi connectivity index (χ4n) is 2.01. The quantitative estimate of drug-likeness (QED) is 0.826. The van der Waals surface area contributed by atoms with Crippen molar-refractivity contribution < 1.29 is 4.79 Å². The van der Waals surface area contributed by atoms with E-state index in [0.29, 0.717) is 6.42 Å². The molecule has 0 spiro atoms. The van der Waals surface area contributed by atoms with Gasteiger partial charge in [-0.2, -0.15) is 0 Å². The Labute approximate surface area is 125 Å². The number of thiophene rings is 1. The van der Waals surface area contributed by atoms with Crippen LogP contribution in [0.15, 0.2) is 10.5 Å². The number of carbonyl (C=O) groups excluding carboxylic acids is 1. The molecule has 100 valence electrons. The van der Waals surface area contributed by atoms with Gasteiger partial charge in [0, 0.05) is 41.9 Å². The summed E-state index contributed by atoms with van der Waals surface area (Å²) in [6.07, 6.45) is 2.89. The Balaban J connectivity index is 1.65. The maximum absolute atomic E-state index is 11.8. The van der Waals surface area contributed by atoms with Crippen LogP contribution < -0.4 is 5.32 Å². The predicted octanol–water partition coefficient (Wildman–Crippen LogP) is 3.27. The first kappa shape index (κ1) is 14.3. The fourth-order valence-corrected chi connectivity index (χ4v) is 3.77. The van der Waals surface area contributed by atoms with Crippen LogP contribution >= 0.6 is 38.9 Å². The summed E-state index contributed by atoms with van der Waals surface area (Å²) in [4.78, 5) is 14.9. The summed E-state index contributed by atoms with van der Waals surface area (Å²) in [6, 6.07) is 2.02. The second-order valence-corrected chi connectivity index (χ2v) is 6.94. The standard InChI is InChI=1S/C12H16BrClN2OS/c13-10-7-9(18-12(10)14)8-15-4-3-11(17)16-5-1-2-6-16/h7,15H,1-6,8H2. The van der Waals surface area contributed by atoms with Crippen molar-refractivity contribution in [3.05, 3.63) is 19.8 Å². The minimum Gasteiger partial charge on any atom is -0.343 e. The van der Waals surface area contributed by atoms with Crippen molar-refractivity contribution in [2.24, 2.45) is 0 Å². The number of rotatable bonds is 5. The van der Waals surface area contributed by atoms with E-state index in [-0.39, 0.29) is 5.91 Å². The topological polar surface area (TPSA) is 32.3 Å². The average molecular weight is 352 g/mol. The molecule has 1 N–H and O–H groups in total. The SMILES string of the molecule is O=C(CCNCc1cc(Br)c(Cl)s1)N1CCCC1. The molecule has 1 aliphatic rings. The van der Waals surface area contributed by atoms with E-state index in [0.717, 1.165) is 47.8 Å². The summed E-state index contributed by atoms with van der Waals surface area (Å²) in [5.74, 6) is 0.269. The van der Waals surface area contributed by atoms with Crippen molar-refractivity contribution in [1.29, 1.82) is 0 Å². The Morgan fingerprint density at radius 2 is 2.22 bits per heavy atom. The smallest absolute Gasteiger partial charge is 0.223 e. The molecule has 2 heterocycles. The molecule has 0 unspecified atom stereocenters. The number of hydrogen-bond acceptors (Lipinski definition) is 3. The van der Waals surface area contributed by atoms with Crippen LogP contribution in [-0.4, -0.2) is 30.4 Å². The normalized spacial score (nSPS) is 15.3. The summed E-state index contributed by atoms with van der Waals surface area (Å²) in [5.41, 5.74) is 0. The third kappa shape index (κ3) is 3.95. The number of hydrogen-bond donors (Lipinski definition) is 1. The van der Waals surface area contributed by atoms with Gasteiger partial charge in [-0.05, 0) is 34.8 Å². The van der Waals surface area contributed by atoms with Gasteiger partial charge < -0.3 is 10.2 Å². The molecule has 0 aromatic carbocycles. The van der Waals surface area contributed by atoms with Gasteiger partial charge in [-0.25, -0.2) is 0 Å². The van der Waals surface area contributed by atoms with Crippen LogP contribution in [-0.2, 0) is 11.3 Å². The average Bonchev–Trinajstić information content (AvgIpc) is 2.96. The lowest BCUT2D eigenvalue weighted by atomic mass is 10.3. The van der Waals surface area contributed by atoms with Crippen molar-refractivity contribution >= 4 is 44.8 Å². The highest BCUT2D eigenvalue weighted by atomic mass is 79.9. The molecule has 0 saturated carbocycles. The van der Waals surface area contributed by atoms with Gasteiger partial charge in [0.15, 0.2) is 0 Å². The maximum atomic E-state index is 11.8. The molecule has 18 heavy (non-hydrogen) atoms. The molecular formula is C12H16BrClN2OS. The van der Waals surface area contributed by atoms with Crippen molar-refractivity contribution in [2.45, 2.75) is 25.8 Å². The molecule has 1 amide bonds. The number of nitrogens with one attached hydrogen (secondary N) is 1. The number of halogens is 2. The first-order chi connectivity index (χ1) is 8.66. The van der Waals surface area contributed by atoms with Crippen molar-refractivity contribution in [3.63, 3.8) is 0 Å². The van der Waals surface area contributed by atoms with Gasteiger partial charge in [0.25, 0.3) is 0 Å². The van der Waals surface area contributed by atoms with Gasteiger partial charge in [0.05, 0.1) is 0 Å². The number of carbonyl (C=O) groups is 1. The van der Waals surface area contributed by atoms with E-state index in [2.05, 4.69) is 21.2 Å². The molecule has 1 fully saturated rings. The Bertz CT molecular complexity index is 399. The van der Waals surface area contributed by atoms with Gasteiger partial charge in [0.2, 0.25) is 5.91 Å². The molecule has 1 aliphatic heterocycles. The Morgan fingerprint density at radius 3 is 2.83 bits per heavy atom. The molecule has 1 aromatic heterocycles. The molecule has 1 saturated heterocycles. The van der Waals surface area contributed by atoms with E-state index >= 15 is 0 Å². The zero-order valence-electron chi connectivity index (χ0n) is 10.0. The predicted molar refractivity (Wildman–Crippen MR) is 79.2 cm³/mol. The van der Waals surface area contributed by atoms with E-state index in [1.165, 1.54) is 4.88 Å². The second-order valence-electron chi connectivity index (χ2n) is 4.35.